The fourth-order valence-electron chi connectivity index (χ4n) is 17.4. The van der Waals surface area contributed by atoms with Gasteiger partial charge in [-0.1, -0.05) is 151 Å². The Kier molecular flexibility index (Phi) is 34.7. The van der Waals surface area contributed by atoms with Crippen molar-refractivity contribution in [2.45, 2.75) is 235 Å². The number of amides is 5. The summed E-state index contributed by atoms with van der Waals surface area (Å²) in [7, 11) is 4.35. The third kappa shape index (κ3) is 27.9. The first-order valence-corrected chi connectivity index (χ1v) is 48.5. The number of imidazole rings is 2. The van der Waals surface area contributed by atoms with E-state index in [0.29, 0.717) is 116 Å². The van der Waals surface area contributed by atoms with Crippen molar-refractivity contribution < 1.29 is 48.1 Å². The fourth-order valence-corrected chi connectivity index (χ4v) is 17.4. The van der Waals surface area contributed by atoms with Gasteiger partial charge in [-0.05, 0) is 195 Å². The number of benzene rings is 6. The zero-order chi connectivity index (χ0) is 96.2. The molecule has 2 fully saturated rings. The summed E-state index contributed by atoms with van der Waals surface area (Å²) in [5.74, 6) is 0.352. The van der Waals surface area contributed by atoms with Gasteiger partial charge < -0.3 is 69.1 Å². The summed E-state index contributed by atoms with van der Waals surface area (Å²) in [6.45, 7) is 41.2. The van der Waals surface area contributed by atoms with E-state index >= 15 is 0 Å². The fraction of sp³-hybridized carbons (Fsp3) is 0.533. The van der Waals surface area contributed by atoms with E-state index in [1.165, 1.54) is 26.1 Å². The number of Topliss-reactive ketones (excluding diaryl/α,β-unsaturated/α-hetero) is 1. The molecule has 6 heterocycles. The highest BCUT2D eigenvalue weighted by Crippen LogP contribution is 2.46. The number of likely N-dealkylation sites (N-methyl/N-ethyl adjacent to an activating group) is 2. The molecule has 720 valence electrons. The van der Waals surface area contributed by atoms with Crippen LogP contribution in [0.5, 0.6) is 11.5 Å². The summed E-state index contributed by atoms with van der Waals surface area (Å²) < 4.78 is 16.8. The Bertz CT molecular complexity index is 5560. The molecule has 0 radical (unpaired) electrons. The minimum Gasteiger partial charge on any atom is -0.493 e. The van der Waals surface area contributed by atoms with Gasteiger partial charge in [-0.25, -0.2) is 9.97 Å². The number of rotatable bonds is 45. The van der Waals surface area contributed by atoms with Crippen LogP contribution >= 0.6 is 0 Å². The molecule has 2 aliphatic rings. The number of unbranched alkanes of at least 4 members (excludes halogenated alkanes) is 1. The average Bonchev–Trinajstić information content (AvgIpc) is 1.12. The number of H-pyrrole nitrogens is 2. The van der Waals surface area contributed by atoms with Crippen LogP contribution in [0.3, 0.4) is 0 Å². The van der Waals surface area contributed by atoms with Crippen LogP contribution in [0.1, 0.15) is 221 Å². The van der Waals surface area contributed by atoms with E-state index in [1.807, 2.05) is 27.0 Å². The molecule has 0 spiro atoms. The maximum atomic E-state index is 14.2. The van der Waals surface area contributed by atoms with E-state index in [2.05, 4.69) is 262 Å². The molecule has 12 rings (SSSR count). The molecular weight excluding hydrogens is 1690 g/mol. The van der Waals surface area contributed by atoms with Crippen LogP contribution in [0.2, 0.25) is 0 Å². The lowest BCUT2D eigenvalue weighted by molar-refractivity contribution is -0.148. The summed E-state index contributed by atoms with van der Waals surface area (Å²) in [6, 6.07) is 39.4. The van der Waals surface area contributed by atoms with Crippen LogP contribution in [-0.2, 0) is 81.3 Å². The Morgan fingerprint density at radius 2 is 0.821 bits per heavy atom. The van der Waals surface area contributed by atoms with E-state index < -0.39 is 36.8 Å². The second-order valence-electron chi connectivity index (χ2n) is 40.6. The first-order chi connectivity index (χ1) is 63.9. The number of carboxylic acids is 1. The number of hydrogen-bond donors (Lipinski definition) is 4. The van der Waals surface area contributed by atoms with Gasteiger partial charge in [0, 0.05) is 168 Å². The number of nitrogens with zero attached hydrogens (tertiary/aromatic N) is 16. The molecule has 10 aromatic rings. The van der Waals surface area contributed by atoms with Crippen LogP contribution in [0.4, 0.5) is 11.4 Å². The molecule has 2 saturated heterocycles. The number of aryl methyl sites for hydroxylation is 3. The van der Waals surface area contributed by atoms with Crippen molar-refractivity contribution in [1.82, 2.24) is 84.6 Å². The van der Waals surface area contributed by atoms with Gasteiger partial charge in [-0.2, -0.15) is 0 Å². The zero-order valence-corrected chi connectivity index (χ0v) is 82.6. The first kappa shape index (κ1) is 101. The summed E-state index contributed by atoms with van der Waals surface area (Å²) in [4.78, 5) is 128. The third-order valence-corrected chi connectivity index (χ3v) is 25.2. The van der Waals surface area contributed by atoms with E-state index in [1.54, 1.807) is 15.6 Å². The largest absolute Gasteiger partial charge is 0.493 e. The Hall–Kier alpha value is -11.9. The number of hydrogen-bond acceptors (Lipinski definition) is 19. The van der Waals surface area contributed by atoms with Crippen molar-refractivity contribution >= 4 is 74.7 Å². The number of ketones is 1. The Morgan fingerprint density at radius 1 is 0.425 bits per heavy atom. The summed E-state index contributed by atoms with van der Waals surface area (Å²) in [5.41, 5.74) is 17.0. The number of carbonyl (C=O) groups excluding carboxylic acids is 6. The Morgan fingerprint density at radius 3 is 1.25 bits per heavy atom. The number of carbonyl (C=O) groups is 7. The summed E-state index contributed by atoms with van der Waals surface area (Å²) in [5, 5.41) is 30.2. The van der Waals surface area contributed by atoms with E-state index in [-0.39, 0.29) is 84.8 Å². The molecule has 2 aliphatic heterocycles. The normalized spacial score (nSPS) is 13.7. The second-order valence-corrected chi connectivity index (χ2v) is 40.6. The molecule has 0 unspecified atom stereocenters. The number of aromatic nitrogens is 10. The van der Waals surface area contributed by atoms with E-state index in [4.69, 9.17) is 19.4 Å². The molecule has 0 aliphatic carbocycles. The standard InChI is InChI=1S/C105H145N19O10/c1-18-45-119(93(127)31-23-27-79-67-123(113-111-79)48-22-21-28-83(125)29-24-58-133-98-84(102(4,5)6)60-77(61-85(98)103(7,8)9)100-107-88-42-36-75(64-90(88)109-100)73-32-38-81(39-33-73)117-54-50-115(16)51-55-117)69-94(128)120(46-19-2)70-95(129)121(47-20-3)71-96(130)122(72-97(131)132)66-80-68-124(114-112-80)49-26-44-106-92(126)30-25-59-134-99-86(104(10,11)12)62-78(63-87(99)105(13,14)15)101-108-89-43-37-76(65-91(89)110-101)74-34-40-82(41-35-74)118-56-52-116(17)53-57-118/h32-43,60-65,67-68H,18-31,44-59,66,69-72H2,1-17H3,(H,106,126)(H,107,109)(H,108,110)(H,131,132). The van der Waals surface area contributed by atoms with Gasteiger partial charge in [0.2, 0.25) is 29.5 Å². The van der Waals surface area contributed by atoms with Gasteiger partial charge >= 0.3 is 5.97 Å². The van der Waals surface area contributed by atoms with Gasteiger partial charge in [0.25, 0.3) is 0 Å². The van der Waals surface area contributed by atoms with Crippen LogP contribution in [0, 0.1) is 0 Å². The van der Waals surface area contributed by atoms with Crippen LogP contribution < -0.4 is 24.6 Å². The molecule has 29 nitrogen and oxygen atoms in total. The number of ether oxygens (including phenoxy) is 2. The number of anilines is 2. The molecule has 4 aromatic heterocycles. The maximum Gasteiger partial charge on any atom is 0.323 e. The Balaban J connectivity index is 0.545. The monoisotopic (exact) mass is 1830 g/mol. The minimum atomic E-state index is -1.26. The lowest BCUT2D eigenvalue weighted by Crippen LogP contribution is -2.50. The van der Waals surface area contributed by atoms with Gasteiger partial charge in [-0.15, -0.1) is 10.2 Å². The van der Waals surface area contributed by atoms with Crippen LogP contribution in [0.25, 0.3) is 67.1 Å². The number of piperazine rings is 2. The van der Waals surface area contributed by atoms with E-state index in [9.17, 15) is 38.7 Å². The maximum absolute atomic E-state index is 14.2. The van der Waals surface area contributed by atoms with Gasteiger partial charge in [-0.3, -0.25) is 42.9 Å². The molecule has 5 amide bonds. The molecule has 4 N–H and O–H groups in total. The van der Waals surface area contributed by atoms with Crippen molar-refractivity contribution in [2.24, 2.45) is 0 Å². The topological polar surface area (TPSA) is 315 Å². The third-order valence-electron chi connectivity index (χ3n) is 25.2. The van der Waals surface area contributed by atoms with Crippen molar-refractivity contribution in [2.75, 3.05) is 142 Å². The lowest BCUT2D eigenvalue weighted by atomic mass is 9.78. The highest BCUT2D eigenvalue weighted by atomic mass is 16.5. The average molecular weight is 1830 g/mol. The van der Waals surface area contributed by atoms with Crippen molar-refractivity contribution in [3.8, 4) is 56.5 Å². The number of fused-ring (bicyclic) bond motifs is 2. The van der Waals surface area contributed by atoms with Crippen molar-refractivity contribution in [3.63, 3.8) is 0 Å². The predicted molar refractivity (Wildman–Crippen MR) is 531 cm³/mol. The SMILES string of the molecule is CCCN(CC(=O)N(CCC)CC(=O)N(CCC)CC(=O)N(CC(=O)O)Cc1cn(CCCNC(=O)CCCOc2c(C(C)(C)C)cc(-c3nc4cc(-c5ccc(N6CCN(C)CC6)cc5)ccc4[nH]3)cc2C(C)(C)C)nn1)C(=O)CCCc1cn(CCCCC(=O)CCCOc2c(C(C)(C)C)cc(-c3nc4cc(-c5ccc(N6CCN(C)CC6)cc5)ccc4[nH]3)cc2C(C)(C)C)nn1. The smallest absolute Gasteiger partial charge is 0.323 e. The van der Waals surface area contributed by atoms with Gasteiger partial charge in [0.05, 0.1) is 73.4 Å². The van der Waals surface area contributed by atoms with E-state index in [0.717, 1.165) is 170 Å². The van der Waals surface area contributed by atoms with Gasteiger partial charge in [0.15, 0.2) is 0 Å². The summed E-state index contributed by atoms with van der Waals surface area (Å²) in [6.07, 6.45) is 10.4. The molecule has 0 atom stereocenters. The quantitative estimate of drug-likeness (QED) is 0.0258. The highest BCUT2D eigenvalue weighted by molar-refractivity contribution is 5.92. The predicted octanol–water partition coefficient (Wildman–Crippen LogP) is 16.1. The number of aromatic amines is 2. The van der Waals surface area contributed by atoms with Crippen molar-refractivity contribution in [1.29, 1.82) is 0 Å². The molecule has 134 heavy (non-hydrogen) atoms. The second kappa shape index (κ2) is 45.9. The van der Waals surface area contributed by atoms with Gasteiger partial charge in [0.1, 0.15) is 41.2 Å². The summed E-state index contributed by atoms with van der Waals surface area (Å²) >= 11 is 0. The molecule has 0 saturated carbocycles. The molecule has 6 aromatic carbocycles. The molecule has 0 bridgehead atoms. The highest BCUT2D eigenvalue weighted by Gasteiger charge is 2.34. The molecule has 29 heteroatoms. The van der Waals surface area contributed by atoms with Crippen molar-refractivity contribution in [3.05, 3.63) is 155 Å². The first-order valence-electron chi connectivity index (χ1n) is 48.5. The zero-order valence-electron chi connectivity index (χ0n) is 82.6. The molecular formula is C105H145N19O10. The minimum absolute atomic E-state index is 0.118. The number of carboxylic acid groups (broad SMARTS) is 1. The lowest BCUT2D eigenvalue weighted by Gasteiger charge is -2.34. The van der Waals surface area contributed by atoms with Crippen LogP contribution in [-0.4, -0.2) is 258 Å². The van der Waals surface area contributed by atoms with Crippen LogP contribution in [0.15, 0.2) is 122 Å². The number of aliphatic carboxylic acids is 1. The Labute approximate surface area is 791 Å². The number of nitrogens with one attached hydrogen (secondary N) is 3.